The van der Waals surface area contributed by atoms with Crippen LogP contribution in [0.4, 0.5) is 0 Å². The summed E-state index contributed by atoms with van der Waals surface area (Å²) >= 11 is 0. The van der Waals surface area contributed by atoms with Gasteiger partial charge >= 0.3 is 0 Å². The highest BCUT2D eigenvalue weighted by molar-refractivity contribution is 5.87. The highest BCUT2D eigenvalue weighted by Crippen LogP contribution is 2.28. The van der Waals surface area contributed by atoms with Gasteiger partial charge in [-0.3, -0.25) is 4.90 Å². The monoisotopic (exact) mass is 258 g/mol. The molecule has 3 rings (SSSR count). The predicted octanol–water partition coefficient (Wildman–Crippen LogP) is 3.26. The third-order valence-electron chi connectivity index (χ3n) is 4.25. The lowest BCUT2D eigenvalue weighted by Crippen LogP contribution is -2.25. The van der Waals surface area contributed by atoms with Crippen LogP contribution < -0.4 is 0 Å². The van der Waals surface area contributed by atoms with Crippen molar-refractivity contribution in [1.29, 1.82) is 0 Å². The van der Waals surface area contributed by atoms with Crippen molar-refractivity contribution in [2.45, 2.75) is 32.2 Å². The first kappa shape index (κ1) is 12.5. The van der Waals surface area contributed by atoms with E-state index < -0.39 is 0 Å². The summed E-state index contributed by atoms with van der Waals surface area (Å²) in [4.78, 5) is 2.54. The molecule has 19 heavy (non-hydrogen) atoms. The second-order valence-corrected chi connectivity index (χ2v) is 5.59. The van der Waals surface area contributed by atoms with Gasteiger partial charge in [0.05, 0.1) is 5.52 Å². The molecule has 0 spiro atoms. The van der Waals surface area contributed by atoms with Crippen LogP contribution in [0.1, 0.15) is 31.4 Å². The molecule has 3 heteroatoms. The van der Waals surface area contributed by atoms with Crippen LogP contribution in [-0.2, 0) is 13.6 Å². The first-order valence-corrected chi connectivity index (χ1v) is 7.24. The van der Waals surface area contributed by atoms with Crippen LogP contribution in [0.5, 0.6) is 5.75 Å². The fourth-order valence-electron chi connectivity index (χ4n) is 3.07. The minimum absolute atomic E-state index is 0.384. The molecule has 0 saturated carbocycles. The fourth-order valence-corrected chi connectivity index (χ4v) is 3.07. The molecule has 1 saturated heterocycles. The molecule has 0 bridgehead atoms. The fraction of sp³-hybridized carbons (Fsp3) is 0.500. The van der Waals surface area contributed by atoms with E-state index in [1.54, 1.807) is 6.07 Å². The molecular weight excluding hydrogens is 236 g/mol. The maximum absolute atomic E-state index is 9.93. The number of nitrogens with zero attached hydrogens (tertiary/aromatic N) is 2. The molecule has 0 radical (unpaired) electrons. The van der Waals surface area contributed by atoms with Crippen LogP contribution in [0.2, 0.25) is 0 Å². The van der Waals surface area contributed by atoms with Gasteiger partial charge in [-0.1, -0.05) is 18.9 Å². The van der Waals surface area contributed by atoms with Crippen molar-refractivity contribution in [3.05, 3.63) is 30.0 Å². The van der Waals surface area contributed by atoms with Crippen LogP contribution in [-0.4, -0.2) is 27.7 Å². The van der Waals surface area contributed by atoms with E-state index in [2.05, 4.69) is 28.6 Å². The van der Waals surface area contributed by atoms with Crippen LogP contribution in [0.3, 0.4) is 0 Å². The molecule has 102 valence electrons. The average molecular weight is 258 g/mol. The quantitative estimate of drug-likeness (QED) is 0.895. The number of rotatable bonds is 2. The normalized spacial score (nSPS) is 17.7. The Bertz CT molecular complexity index is 565. The predicted molar refractivity (Wildman–Crippen MR) is 78.3 cm³/mol. The van der Waals surface area contributed by atoms with E-state index in [0.29, 0.717) is 5.75 Å². The molecule has 2 heterocycles. The lowest BCUT2D eigenvalue weighted by molar-refractivity contribution is 0.271. The molecule has 1 fully saturated rings. The number of hydrogen-bond donors (Lipinski definition) is 1. The molecule has 3 nitrogen and oxygen atoms in total. The largest absolute Gasteiger partial charge is 0.507 e. The third kappa shape index (κ3) is 2.47. The van der Waals surface area contributed by atoms with Crippen molar-refractivity contribution in [1.82, 2.24) is 9.47 Å². The maximum atomic E-state index is 9.93. The van der Waals surface area contributed by atoms with Crippen LogP contribution in [0.15, 0.2) is 24.3 Å². The van der Waals surface area contributed by atoms with Gasteiger partial charge in [0.15, 0.2) is 0 Å². The maximum Gasteiger partial charge on any atom is 0.124 e. The Labute approximate surface area is 114 Å². The minimum Gasteiger partial charge on any atom is -0.507 e. The molecule has 0 aliphatic carbocycles. The minimum atomic E-state index is 0.384. The van der Waals surface area contributed by atoms with E-state index >= 15 is 0 Å². The molecule has 1 aliphatic rings. The van der Waals surface area contributed by atoms with E-state index in [4.69, 9.17) is 0 Å². The van der Waals surface area contributed by atoms with Crippen LogP contribution >= 0.6 is 0 Å². The molecule has 1 aromatic carbocycles. The van der Waals surface area contributed by atoms with Crippen molar-refractivity contribution in [2.24, 2.45) is 7.05 Å². The Balaban J connectivity index is 1.88. The number of hydrogen-bond acceptors (Lipinski definition) is 2. The average Bonchev–Trinajstić information content (AvgIpc) is 2.60. The summed E-state index contributed by atoms with van der Waals surface area (Å²) in [6.07, 6.45) is 5.36. The van der Waals surface area contributed by atoms with Crippen molar-refractivity contribution >= 4 is 10.9 Å². The number of aromatic hydroxyl groups is 1. The Morgan fingerprint density at radius 3 is 2.53 bits per heavy atom. The standard InChI is InChI=1S/C16H22N2O/c1-17-13(12-18-9-4-2-3-5-10-18)11-14-15(17)7-6-8-16(14)19/h6-8,11,19H,2-5,9-10,12H2,1H3. The second-order valence-electron chi connectivity index (χ2n) is 5.59. The molecule has 1 aromatic heterocycles. The van der Waals surface area contributed by atoms with Gasteiger partial charge in [-0.15, -0.1) is 0 Å². The smallest absolute Gasteiger partial charge is 0.124 e. The first-order valence-electron chi connectivity index (χ1n) is 7.24. The van der Waals surface area contributed by atoms with Gasteiger partial charge in [0.25, 0.3) is 0 Å². The Morgan fingerprint density at radius 1 is 1.11 bits per heavy atom. The summed E-state index contributed by atoms with van der Waals surface area (Å²) in [5.41, 5.74) is 2.41. The van der Waals surface area contributed by atoms with E-state index in [1.165, 1.54) is 44.5 Å². The molecule has 0 atom stereocenters. The number of benzene rings is 1. The van der Waals surface area contributed by atoms with Crippen LogP contribution in [0, 0.1) is 0 Å². The zero-order valence-electron chi connectivity index (χ0n) is 11.6. The van der Waals surface area contributed by atoms with Gasteiger partial charge in [0, 0.05) is 24.7 Å². The van der Waals surface area contributed by atoms with Gasteiger partial charge in [-0.25, -0.2) is 0 Å². The number of phenolic OH excluding ortho intramolecular Hbond substituents is 1. The Hall–Kier alpha value is -1.48. The number of likely N-dealkylation sites (tertiary alicyclic amines) is 1. The first-order chi connectivity index (χ1) is 9.25. The topological polar surface area (TPSA) is 28.4 Å². The summed E-state index contributed by atoms with van der Waals surface area (Å²) in [7, 11) is 2.09. The number of fused-ring (bicyclic) bond motifs is 1. The lowest BCUT2D eigenvalue weighted by atomic mass is 10.2. The van der Waals surface area contributed by atoms with Crippen LogP contribution in [0.25, 0.3) is 10.9 Å². The third-order valence-corrected chi connectivity index (χ3v) is 4.25. The summed E-state index contributed by atoms with van der Waals surface area (Å²) in [6, 6.07) is 7.88. The Kier molecular flexibility index (Phi) is 3.47. The molecule has 0 amide bonds. The SMILES string of the molecule is Cn1c(CN2CCCCCC2)cc2c(O)cccc21. The zero-order valence-corrected chi connectivity index (χ0v) is 11.6. The summed E-state index contributed by atoms with van der Waals surface area (Å²) in [5, 5.41) is 10.9. The Morgan fingerprint density at radius 2 is 1.84 bits per heavy atom. The van der Waals surface area contributed by atoms with Gasteiger partial charge < -0.3 is 9.67 Å². The summed E-state index contributed by atoms with van der Waals surface area (Å²) < 4.78 is 2.21. The van der Waals surface area contributed by atoms with Crippen molar-refractivity contribution in [3.63, 3.8) is 0 Å². The molecule has 0 unspecified atom stereocenters. The summed E-state index contributed by atoms with van der Waals surface area (Å²) in [5.74, 6) is 0.384. The van der Waals surface area contributed by atoms with E-state index in [0.717, 1.165) is 17.4 Å². The lowest BCUT2D eigenvalue weighted by Gasteiger charge is -2.20. The highest BCUT2D eigenvalue weighted by Gasteiger charge is 2.13. The zero-order chi connectivity index (χ0) is 13.2. The highest BCUT2D eigenvalue weighted by atomic mass is 16.3. The van der Waals surface area contributed by atoms with Crippen molar-refractivity contribution < 1.29 is 5.11 Å². The molecule has 1 aliphatic heterocycles. The van der Waals surface area contributed by atoms with Crippen molar-refractivity contribution in [3.8, 4) is 5.75 Å². The molecule has 1 N–H and O–H groups in total. The summed E-state index contributed by atoms with van der Waals surface area (Å²) in [6.45, 7) is 3.39. The van der Waals surface area contributed by atoms with Gasteiger partial charge in [0.2, 0.25) is 0 Å². The second kappa shape index (κ2) is 5.25. The van der Waals surface area contributed by atoms with E-state index in [1.807, 2.05) is 6.07 Å². The number of aromatic nitrogens is 1. The van der Waals surface area contributed by atoms with E-state index in [9.17, 15) is 5.11 Å². The van der Waals surface area contributed by atoms with Gasteiger partial charge in [-0.2, -0.15) is 0 Å². The van der Waals surface area contributed by atoms with Gasteiger partial charge in [-0.05, 0) is 44.1 Å². The van der Waals surface area contributed by atoms with Crippen molar-refractivity contribution in [2.75, 3.05) is 13.1 Å². The number of phenols is 1. The number of aryl methyl sites for hydroxylation is 1. The molecular formula is C16H22N2O. The molecule has 2 aromatic rings. The van der Waals surface area contributed by atoms with Gasteiger partial charge in [0.1, 0.15) is 5.75 Å². The van der Waals surface area contributed by atoms with E-state index in [-0.39, 0.29) is 0 Å².